The highest BCUT2D eigenvalue weighted by Gasteiger charge is 2.13. The number of carboxylic acid groups (broad SMARTS) is 1. The van der Waals surface area contributed by atoms with Crippen LogP contribution >= 0.6 is 27.5 Å². The first-order chi connectivity index (χ1) is 11.4. The van der Waals surface area contributed by atoms with E-state index in [-0.39, 0.29) is 5.56 Å². The third-order valence-electron chi connectivity index (χ3n) is 3.89. The lowest BCUT2D eigenvalue weighted by molar-refractivity contribution is -0.254. The zero-order valence-electron chi connectivity index (χ0n) is 13.0. The van der Waals surface area contributed by atoms with Gasteiger partial charge in [-0.15, -0.1) is 0 Å². The molecule has 0 aliphatic heterocycles. The molecule has 0 radical (unpaired) electrons. The highest BCUT2D eigenvalue weighted by Crippen LogP contribution is 2.33. The summed E-state index contributed by atoms with van der Waals surface area (Å²) in [6.07, 6.45) is 1.30. The number of benzene rings is 2. The lowest BCUT2D eigenvalue weighted by Crippen LogP contribution is -2.23. The van der Waals surface area contributed by atoms with E-state index in [1.807, 2.05) is 32.0 Å². The van der Waals surface area contributed by atoms with Gasteiger partial charge in [0.05, 0.1) is 17.2 Å². The van der Waals surface area contributed by atoms with Crippen molar-refractivity contribution in [3.63, 3.8) is 0 Å². The molecule has 1 N–H and O–H groups in total. The molecule has 0 amide bonds. The molecular formula is C18H13BrClN2O2-. The number of nitrogens with one attached hydrogen (secondary N) is 1. The second-order valence-electron chi connectivity index (χ2n) is 5.49. The van der Waals surface area contributed by atoms with Crippen LogP contribution in [0, 0.1) is 13.8 Å². The van der Waals surface area contributed by atoms with E-state index in [1.165, 1.54) is 6.20 Å². The summed E-state index contributed by atoms with van der Waals surface area (Å²) in [6.45, 7) is 3.83. The SMILES string of the molecule is Cc1ccc(Nc2c(C(=O)[O-])cnc3c(C)c(Cl)ccc23)cc1Br. The van der Waals surface area contributed by atoms with Gasteiger partial charge in [-0.3, -0.25) is 4.98 Å². The number of carboxylic acids is 1. The summed E-state index contributed by atoms with van der Waals surface area (Å²) in [4.78, 5) is 15.7. The van der Waals surface area contributed by atoms with Crippen LogP contribution in [-0.2, 0) is 0 Å². The number of anilines is 2. The normalized spacial score (nSPS) is 10.8. The van der Waals surface area contributed by atoms with Crippen LogP contribution in [0.2, 0.25) is 5.02 Å². The number of halogens is 2. The van der Waals surface area contributed by atoms with Crippen LogP contribution in [0.4, 0.5) is 11.4 Å². The number of carbonyl (C=O) groups excluding carboxylic acids is 1. The molecule has 6 heteroatoms. The Labute approximate surface area is 152 Å². The van der Waals surface area contributed by atoms with Crippen molar-refractivity contribution in [3.8, 4) is 0 Å². The van der Waals surface area contributed by atoms with Crippen LogP contribution in [0.5, 0.6) is 0 Å². The molecule has 0 fully saturated rings. The highest BCUT2D eigenvalue weighted by atomic mass is 79.9. The molecule has 3 aromatic rings. The van der Waals surface area contributed by atoms with E-state index in [4.69, 9.17) is 11.6 Å². The zero-order valence-corrected chi connectivity index (χ0v) is 15.3. The summed E-state index contributed by atoms with van der Waals surface area (Å²) in [6, 6.07) is 9.21. The van der Waals surface area contributed by atoms with E-state index in [0.717, 1.165) is 21.3 Å². The fourth-order valence-corrected chi connectivity index (χ4v) is 3.02. The van der Waals surface area contributed by atoms with Crippen LogP contribution in [0.3, 0.4) is 0 Å². The fraction of sp³-hybridized carbons (Fsp3) is 0.111. The van der Waals surface area contributed by atoms with Gasteiger partial charge in [0, 0.05) is 32.3 Å². The molecule has 0 aliphatic rings. The number of aryl methyl sites for hydroxylation is 2. The monoisotopic (exact) mass is 403 g/mol. The van der Waals surface area contributed by atoms with Crippen LogP contribution in [0.1, 0.15) is 21.5 Å². The van der Waals surface area contributed by atoms with E-state index in [2.05, 4.69) is 26.2 Å². The van der Waals surface area contributed by atoms with E-state index < -0.39 is 5.97 Å². The second-order valence-corrected chi connectivity index (χ2v) is 6.75. The minimum absolute atomic E-state index is 0.000852. The highest BCUT2D eigenvalue weighted by molar-refractivity contribution is 9.10. The standard InChI is InChI=1S/C18H14BrClN2O2/c1-9-3-4-11(7-14(9)19)22-17-12-5-6-15(20)10(2)16(12)21-8-13(17)18(23)24/h3-8H,1-2H3,(H,21,22)(H,23,24)/p-1. The molecule has 4 nitrogen and oxygen atoms in total. The van der Waals surface area contributed by atoms with Crippen molar-refractivity contribution in [2.45, 2.75) is 13.8 Å². The minimum Gasteiger partial charge on any atom is -0.545 e. The maximum absolute atomic E-state index is 11.5. The number of hydrogen-bond acceptors (Lipinski definition) is 4. The van der Waals surface area contributed by atoms with Crippen molar-refractivity contribution in [2.24, 2.45) is 0 Å². The number of fused-ring (bicyclic) bond motifs is 1. The molecule has 24 heavy (non-hydrogen) atoms. The quantitative estimate of drug-likeness (QED) is 0.704. The van der Waals surface area contributed by atoms with Gasteiger partial charge in [-0.25, -0.2) is 0 Å². The molecule has 0 unspecified atom stereocenters. The maximum atomic E-state index is 11.5. The van der Waals surface area contributed by atoms with Gasteiger partial charge >= 0.3 is 0 Å². The van der Waals surface area contributed by atoms with E-state index in [9.17, 15) is 9.90 Å². The molecule has 122 valence electrons. The van der Waals surface area contributed by atoms with E-state index in [0.29, 0.717) is 21.6 Å². The molecule has 0 saturated carbocycles. The molecule has 0 saturated heterocycles. The zero-order chi connectivity index (χ0) is 17.4. The largest absolute Gasteiger partial charge is 0.545 e. The Kier molecular flexibility index (Phi) is 4.47. The van der Waals surface area contributed by atoms with Gasteiger partial charge in [0.2, 0.25) is 0 Å². The molecule has 0 spiro atoms. The van der Waals surface area contributed by atoms with Gasteiger partial charge in [-0.05, 0) is 49.2 Å². The van der Waals surface area contributed by atoms with Gasteiger partial charge in [0.25, 0.3) is 0 Å². The van der Waals surface area contributed by atoms with Crippen molar-refractivity contribution in [1.82, 2.24) is 4.98 Å². The Morgan fingerprint density at radius 2 is 2.00 bits per heavy atom. The van der Waals surface area contributed by atoms with Crippen LogP contribution in [0.15, 0.2) is 41.0 Å². The molecule has 0 bridgehead atoms. The molecule has 1 heterocycles. The van der Waals surface area contributed by atoms with Crippen molar-refractivity contribution >= 4 is 55.8 Å². The molecule has 0 aliphatic carbocycles. The Balaban J connectivity index is 2.23. The number of rotatable bonds is 3. The van der Waals surface area contributed by atoms with Crippen molar-refractivity contribution in [3.05, 3.63) is 62.7 Å². The molecule has 3 rings (SSSR count). The first kappa shape index (κ1) is 16.7. The predicted octanol–water partition coefficient (Wildman–Crippen LogP) is 4.37. The molecule has 1 aromatic heterocycles. The van der Waals surface area contributed by atoms with E-state index >= 15 is 0 Å². The smallest absolute Gasteiger partial charge is 0.0767 e. The average Bonchev–Trinajstić information content (AvgIpc) is 2.54. The first-order valence-corrected chi connectivity index (χ1v) is 8.38. The Morgan fingerprint density at radius 1 is 1.25 bits per heavy atom. The van der Waals surface area contributed by atoms with Gasteiger partial charge in [-0.1, -0.05) is 33.6 Å². The van der Waals surface area contributed by atoms with Gasteiger partial charge < -0.3 is 15.2 Å². The van der Waals surface area contributed by atoms with Crippen LogP contribution in [0.25, 0.3) is 10.9 Å². The van der Waals surface area contributed by atoms with Gasteiger partial charge in [-0.2, -0.15) is 0 Å². The maximum Gasteiger partial charge on any atom is 0.0767 e. The average molecular weight is 405 g/mol. The van der Waals surface area contributed by atoms with Crippen LogP contribution < -0.4 is 10.4 Å². The number of aromatic carboxylic acids is 1. The van der Waals surface area contributed by atoms with Gasteiger partial charge in [0.15, 0.2) is 0 Å². The van der Waals surface area contributed by atoms with Crippen molar-refractivity contribution < 1.29 is 9.90 Å². The Hall–Kier alpha value is -2.11. The lowest BCUT2D eigenvalue weighted by Gasteiger charge is -2.17. The Morgan fingerprint density at radius 3 is 2.67 bits per heavy atom. The summed E-state index contributed by atoms with van der Waals surface area (Å²) in [5.41, 5.74) is 3.74. The number of pyridine rings is 1. The van der Waals surface area contributed by atoms with Crippen molar-refractivity contribution in [1.29, 1.82) is 0 Å². The van der Waals surface area contributed by atoms with Gasteiger partial charge in [0.1, 0.15) is 0 Å². The van der Waals surface area contributed by atoms with E-state index in [1.54, 1.807) is 12.1 Å². The summed E-state index contributed by atoms with van der Waals surface area (Å²) in [7, 11) is 0. The second kappa shape index (κ2) is 6.42. The number of hydrogen-bond donors (Lipinski definition) is 1. The number of aromatic nitrogens is 1. The summed E-state index contributed by atoms with van der Waals surface area (Å²) in [5.74, 6) is -1.29. The molecule has 2 aromatic carbocycles. The number of nitrogens with zero attached hydrogens (tertiary/aromatic N) is 1. The first-order valence-electron chi connectivity index (χ1n) is 7.21. The fourth-order valence-electron chi connectivity index (χ4n) is 2.49. The van der Waals surface area contributed by atoms with Crippen LogP contribution in [-0.4, -0.2) is 11.0 Å². The summed E-state index contributed by atoms with van der Waals surface area (Å²) < 4.78 is 0.931. The molecule has 0 atom stereocenters. The summed E-state index contributed by atoms with van der Waals surface area (Å²) >= 11 is 9.62. The minimum atomic E-state index is -1.29. The third kappa shape index (κ3) is 2.97. The summed E-state index contributed by atoms with van der Waals surface area (Å²) in [5, 5.41) is 15.9. The number of carbonyl (C=O) groups is 1. The van der Waals surface area contributed by atoms with Crippen molar-refractivity contribution in [2.75, 3.05) is 5.32 Å². The third-order valence-corrected chi connectivity index (χ3v) is 5.15. The Bertz CT molecular complexity index is 973. The topological polar surface area (TPSA) is 65.0 Å². The lowest BCUT2D eigenvalue weighted by atomic mass is 10.1. The molecular weight excluding hydrogens is 392 g/mol. The predicted molar refractivity (Wildman–Crippen MR) is 98.0 cm³/mol.